The van der Waals surface area contributed by atoms with Crippen molar-refractivity contribution in [2.45, 2.75) is 0 Å². The minimum absolute atomic E-state index is 0.258. The zero-order valence-corrected chi connectivity index (χ0v) is 15.4. The lowest BCUT2D eigenvalue weighted by atomic mass is 10.2. The van der Waals surface area contributed by atoms with Crippen LogP contribution in [0.2, 0.25) is 0 Å². The number of hydrogen-bond acceptors (Lipinski definition) is 8. The Kier molecular flexibility index (Phi) is 5.75. The van der Waals surface area contributed by atoms with Gasteiger partial charge in [-0.2, -0.15) is 0 Å². The van der Waals surface area contributed by atoms with Crippen molar-refractivity contribution in [1.29, 1.82) is 0 Å². The number of nitrogen functional groups attached to an aromatic ring is 1. The average Bonchev–Trinajstić information content (AvgIpc) is 2.74. The summed E-state index contributed by atoms with van der Waals surface area (Å²) in [5, 5.41) is 3.10. The van der Waals surface area contributed by atoms with Crippen LogP contribution in [0.1, 0.15) is 10.4 Å². The highest BCUT2D eigenvalue weighted by atomic mass is 16.5. The van der Waals surface area contributed by atoms with Crippen molar-refractivity contribution in [3.05, 3.63) is 60.4 Å². The Balaban J connectivity index is 1.67. The van der Waals surface area contributed by atoms with Crippen LogP contribution >= 0.6 is 0 Å². The molecule has 3 aromatic rings. The maximum absolute atomic E-state index is 12.2. The fraction of sp³-hybridized carbons (Fsp3) is 0.105. The molecular formula is C19H20N6O3. The van der Waals surface area contributed by atoms with Crippen molar-refractivity contribution >= 4 is 28.9 Å². The van der Waals surface area contributed by atoms with E-state index >= 15 is 0 Å². The van der Waals surface area contributed by atoms with E-state index in [1.54, 1.807) is 38.5 Å². The van der Waals surface area contributed by atoms with Crippen LogP contribution in [0.15, 0.2) is 54.9 Å². The Labute approximate surface area is 161 Å². The monoisotopic (exact) mass is 380 g/mol. The van der Waals surface area contributed by atoms with E-state index in [1.807, 2.05) is 24.3 Å². The summed E-state index contributed by atoms with van der Waals surface area (Å²) in [4.78, 5) is 20.4. The van der Waals surface area contributed by atoms with E-state index in [0.29, 0.717) is 17.1 Å². The number of nitrogens with one attached hydrogen (secondary N) is 3. The van der Waals surface area contributed by atoms with Gasteiger partial charge in [-0.3, -0.25) is 15.6 Å². The van der Waals surface area contributed by atoms with Gasteiger partial charge in [0.1, 0.15) is 23.5 Å². The molecule has 1 heterocycles. The second kappa shape index (κ2) is 8.58. The van der Waals surface area contributed by atoms with Crippen LogP contribution < -0.4 is 31.4 Å². The lowest BCUT2D eigenvalue weighted by molar-refractivity contribution is 0.0962. The van der Waals surface area contributed by atoms with Gasteiger partial charge >= 0.3 is 0 Å². The lowest BCUT2D eigenvalue weighted by Crippen LogP contribution is -2.30. The number of benzene rings is 2. The predicted molar refractivity (Wildman–Crippen MR) is 107 cm³/mol. The van der Waals surface area contributed by atoms with Gasteiger partial charge in [0.25, 0.3) is 5.91 Å². The summed E-state index contributed by atoms with van der Waals surface area (Å²) in [5.74, 6) is 1.74. The number of carbonyl (C=O) groups excluding carboxylic acids is 1. The first-order valence-corrected chi connectivity index (χ1v) is 8.32. The third kappa shape index (κ3) is 4.39. The van der Waals surface area contributed by atoms with E-state index < -0.39 is 0 Å². The first kappa shape index (κ1) is 18.8. The molecule has 0 atom stereocenters. The molecule has 28 heavy (non-hydrogen) atoms. The van der Waals surface area contributed by atoms with E-state index in [1.165, 1.54) is 6.33 Å². The normalized spacial score (nSPS) is 10.1. The summed E-state index contributed by atoms with van der Waals surface area (Å²) < 4.78 is 10.2. The topological polar surface area (TPSA) is 123 Å². The van der Waals surface area contributed by atoms with E-state index in [-0.39, 0.29) is 17.4 Å². The number of methoxy groups -OCH3 is 2. The van der Waals surface area contributed by atoms with Crippen LogP contribution in [0, 0.1) is 0 Å². The second-order valence-electron chi connectivity index (χ2n) is 5.65. The molecule has 0 saturated carbocycles. The van der Waals surface area contributed by atoms with Crippen molar-refractivity contribution < 1.29 is 14.3 Å². The minimum atomic E-state index is -0.342. The molecule has 1 amide bonds. The number of carbonyl (C=O) groups is 1. The zero-order valence-electron chi connectivity index (χ0n) is 15.4. The third-order valence-corrected chi connectivity index (χ3v) is 3.88. The number of rotatable bonds is 7. The molecule has 0 aliphatic carbocycles. The number of nitrogens with zero attached hydrogens (tertiary/aromatic N) is 2. The zero-order chi connectivity index (χ0) is 19.9. The molecule has 9 nitrogen and oxygen atoms in total. The SMILES string of the molecule is COc1ccc(Nc2ncnc(NNC(=O)c3ccc(OC)cc3)c2N)cc1. The van der Waals surface area contributed by atoms with Gasteiger partial charge in [-0.15, -0.1) is 0 Å². The molecule has 0 unspecified atom stereocenters. The Morgan fingerprint density at radius 1 is 0.893 bits per heavy atom. The molecule has 1 aromatic heterocycles. The molecule has 0 aliphatic heterocycles. The van der Waals surface area contributed by atoms with E-state index in [4.69, 9.17) is 15.2 Å². The molecule has 2 aromatic carbocycles. The maximum Gasteiger partial charge on any atom is 0.269 e. The predicted octanol–water partition coefficient (Wildman–Crippen LogP) is 2.58. The molecule has 0 fully saturated rings. The van der Waals surface area contributed by atoms with Gasteiger partial charge in [-0.05, 0) is 48.5 Å². The molecule has 0 saturated heterocycles. The van der Waals surface area contributed by atoms with Crippen LogP contribution in [0.4, 0.5) is 23.0 Å². The van der Waals surface area contributed by atoms with Gasteiger partial charge in [-0.1, -0.05) is 0 Å². The molecule has 3 rings (SSSR count). The molecule has 9 heteroatoms. The fourth-order valence-electron chi connectivity index (χ4n) is 2.34. The second-order valence-corrected chi connectivity index (χ2v) is 5.65. The van der Waals surface area contributed by atoms with Crippen LogP contribution in [-0.4, -0.2) is 30.1 Å². The number of nitrogens with two attached hydrogens (primary N) is 1. The standard InChI is InChI=1S/C19H20N6O3/c1-27-14-7-3-12(4-8-14)19(26)25-24-18-16(20)17(21-11-22-18)23-13-5-9-15(28-2)10-6-13/h3-11H,20H2,1-2H3,(H,25,26)(H2,21,22,23,24). The van der Waals surface area contributed by atoms with Crippen molar-refractivity contribution in [1.82, 2.24) is 15.4 Å². The Morgan fingerprint density at radius 3 is 2.07 bits per heavy atom. The molecule has 0 bridgehead atoms. The Hall–Kier alpha value is -4.01. The summed E-state index contributed by atoms with van der Waals surface area (Å²) in [7, 11) is 3.16. The summed E-state index contributed by atoms with van der Waals surface area (Å²) in [5.41, 5.74) is 12.9. The molecule has 0 aliphatic rings. The Morgan fingerprint density at radius 2 is 1.46 bits per heavy atom. The highest BCUT2D eigenvalue weighted by Gasteiger charge is 2.11. The quantitative estimate of drug-likeness (QED) is 0.461. The maximum atomic E-state index is 12.2. The largest absolute Gasteiger partial charge is 0.497 e. The third-order valence-electron chi connectivity index (χ3n) is 3.88. The molecule has 0 radical (unpaired) electrons. The van der Waals surface area contributed by atoms with Gasteiger partial charge in [0.05, 0.1) is 14.2 Å². The number of aromatic nitrogens is 2. The number of anilines is 4. The van der Waals surface area contributed by atoms with Crippen molar-refractivity contribution in [3.63, 3.8) is 0 Å². The summed E-state index contributed by atoms with van der Waals surface area (Å²) >= 11 is 0. The highest BCUT2D eigenvalue weighted by Crippen LogP contribution is 2.26. The van der Waals surface area contributed by atoms with Gasteiger partial charge in [0.2, 0.25) is 0 Å². The smallest absolute Gasteiger partial charge is 0.269 e. The molecule has 5 N–H and O–H groups in total. The highest BCUT2D eigenvalue weighted by molar-refractivity contribution is 5.95. The molecule has 0 spiro atoms. The van der Waals surface area contributed by atoms with Crippen LogP contribution in [0.5, 0.6) is 11.5 Å². The number of hydrazine groups is 1. The van der Waals surface area contributed by atoms with Gasteiger partial charge < -0.3 is 20.5 Å². The summed E-state index contributed by atoms with van der Waals surface area (Å²) in [6.07, 6.45) is 1.34. The van der Waals surface area contributed by atoms with Crippen molar-refractivity contribution in [3.8, 4) is 11.5 Å². The Bertz CT molecular complexity index is 945. The first-order valence-electron chi connectivity index (χ1n) is 8.32. The van der Waals surface area contributed by atoms with E-state index in [9.17, 15) is 4.79 Å². The average molecular weight is 380 g/mol. The number of hydrogen-bond donors (Lipinski definition) is 4. The van der Waals surface area contributed by atoms with Crippen molar-refractivity contribution in [2.24, 2.45) is 0 Å². The van der Waals surface area contributed by atoms with E-state index in [2.05, 4.69) is 26.1 Å². The van der Waals surface area contributed by atoms with Gasteiger partial charge in [0.15, 0.2) is 11.6 Å². The lowest BCUT2D eigenvalue weighted by Gasteiger charge is -2.13. The summed E-state index contributed by atoms with van der Waals surface area (Å²) in [6.45, 7) is 0. The van der Waals surface area contributed by atoms with Crippen LogP contribution in [0.25, 0.3) is 0 Å². The van der Waals surface area contributed by atoms with Gasteiger partial charge in [-0.25, -0.2) is 9.97 Å². The van der Waals surface area contributed by atoms with Crippen LogP contribution in [-0.2, 0) is 0 Å². The fourth-order valence-corrected chi connectivity index (χ4v) is 2.34. The van der Waals surface area contributed by atoms with Crippen molar-refractivity contribution in [2.75, 3.05) is 30.7 Å². The van der Waals surface area contributed by atoms with Crippen LogP contribution in [0.3, 0.4) is 0 Å². The minimum Gasteiger partial charge on any atom is -0.497 e. The molecule has 144 valence electrons. The number of ether oxygens (including phenoxy) is 2. The number of amides is 1. The first-order chi connectivity index (χ1) is 13.6. The van der Waals surface area contributed by atoms with E-state index in [0.717, 1.165) is 11.4 Å². The van der Waals surface area contributed by atoms with Gasteiger partial charge in [0, 0.05) is 11.3 Å². The molecular weight excluding hydrogens is 360 g/mol. The summed E-state index contributed by atoms with van der Waals surface area (Å²) in [6, 6.07) is 14.0.